The van der Waals surface area contributed by atoms with Gasteiger partial charge in [-0.3, -0.25) is 0 Å². The normalized spacial score (nSPS) is 18.4. The summed E-state index contributed by atoms with van der Waals surface area (Å²) in [6.45, 7) is 0. The molecule has 2 aromatic rings. The first kappa shape index (κ1) is 13.0. The minimum atomic E-state index is 0.159. The van der Waals surface area contributed by atoms with Crippen molar-refractivity contribution in [2.75, 3.05) is 7.05 Å². The third-order valence-corrected chi connectivity index (χ3v) is 3.88. The van der Waals surface area contributed by atoms with Gasteiger partial charge < -0.3 is 15.2 Å². The summed E-state index contributed by atoms with van der Waals surface area (Å²) in [4.78, 5) is 0. The maximum Gasteiger partial charge on any atom is 0.123 e. The highest BCUT2D eigenvalue weighted by Crippen LogP contribution is 2.30. The minimum Gasteiger partial charge on any atom is -0.508 e. The predicted octanol–water partition coefficient (Wildman–Crippen LogP) is 2.53. The van der Waals surface area contributed by atoms with Crippen LogP contribution in [0.2, 0.25) is 0 Å². The molecule has 1 aliphatic rings. The average molecular weight is 269 g/mol. The Balaban J connectivity index is 1.71. The third-order valence-electron chi connectivity index (χ3n) is 3.88. The molecule has 0 amide bonds. The van der Waals surface area contributed by atoms with Gasteiger partial charge in [0.1, 0.15) is 17.6 Å². The van der Waals surface area contributed by atoms with E-state index in [2.05, 4.69) is 17.4 Å². The minimum absolute atomic E-state index is 0.159. The molecule has 3 nitrogen and oxygen atoms in total. The summed E-state index contributed by atoms with van der Waals surface area (Å²) >= 11 is 0. The molecular formula is C17H19NO2. The number of fused-ring (bicyclic) bond motifs is 1. The Kier molecular flexibility index (Phi) is 3.61. The summed E-state index contributed by atoms with van der Waals surface area (Å²) in [5.41, 5.74) is 2.48. The van der Waals surface area contributed by atoms with Crippen molar-refractivity contribution in [1.29, 1.82) is 0 Å². The molecule has 0 radical (unpaired) electrons. The number of para-hydroxylation sites is 1. The molecule has 1 heterocycles. The van der Waals surface area contributed by atoms with E-state index in [1.807, 2.05) is 31.3 Å². The lowest BCUT2D eigenvalue weighted by atomic mass is 9.98. The van der Waals surface area contributed by atoms with Crippen molar-refractivity contribution >= 4 is 0 Å². The first-order valence-corrected chi connectivity index (χ1v) is 6.96. The van der Waals surface area contributed by atoms with Gasteiger partial charge in [-0.15, -0.1) is 0 Å². The number of hydrogen-bond donors (Lipinski definition) is 2. The molecule has 3 rings (SSSR count). The number of likely N-dealkylation sites (N-methyl/N-ethyl adjacent to an activating group) is 1. The zero-order valence-corrected chi connectivity index (χ0v) is 11.5. The Hall–Kier alpha value is -2.00. The number of benzene rings is 2. The summed E-state index contributed by atoms with van der Waals surface area (Å²) in [7, 11) is 1.97. The van der Waals surface area contributed by atoms with Gasteiger partial charge in [0, 0.05) is 12.5 Å². The Morgan fingerprint density at radius 1 is 1.20 bits per heavy atom. The summed E-state index contributed by atoms with van der Waals surface area (Å²) < 4.78 is 6.04. The molecule has 0 spiro atoms. The molecule has 2 atom stereocenters. The summed E-state index contributed by atoms with van der Waals surface area (Å²) in [5, 5.41) is 12.7. The van der Waals surface area contributed by atoms with Crippen LogP contribution in [0.3, 0.4) is 0 Å². The van der Waals surface area contributed by atoms with Crippen LogP contribution in [-0.4, -0.2) is 24.3 Å². The van der Waals surface area contributed by atoms with Crippen LogP contribution in [0.4, 0.5) is 0 Å². The number of nitrogens with one attached hydrogen (secondary N) is 1. The van der Waals surface area contributed by atoms with Crippen molar-refractivity contribution in [3.8, 4) is 11.5 Å². The van der Waals surface area contributed by atoms with Crippen molar-refractivity contribution in [3.05, 3.63) is 59.7 Å². The first-order chi connectivity index (χ1) is 9.76. The van der Waals surface area contributed by atoms with E-state index in [-0.39, 0.29) is 12.1 Å². The van der Waals surface area contributed by atoms with Gasteiger partial charge in [0.2, 0.25) is 0 Å². The fraction of sp³-hybridized carbons (Fsp3) is 0.294. The first-order valence-electron chi connectivity index (χ1n) is 6.96. The fourth-order valence-corrected chi connectivity index (χ4v) is 2.74. The molecule has 0 aliphatic carbocycles. The van der Waals surface area contributed by atoms with Crippen molar-refractivity contribution in [2.24, 2.45) is 0 Å². The molecule has 2 aromatic carbocycles. The quantitative estimate of drug-likeness (QED) is 0.896. The molecule has 3 heteroatoms. The summed E-state index contributed by atoms with van der Waals surface area (Å²) in [6.07, 6.45) is 1.99. The number of phenols is 1. The maximum atomic E-state index is 9.34. The number of aromatic hydroxyl groups is 1. The molecule has 0 saturated heterocycles. The number of ether oxygens (including phenoxy) is 1. The second-order valence-corrected chi connectivity index (χ2v) is 5.23. The van der Waals surface area contributed by atoms with Crippen molar-refractivity contribution < 1.29 is 9.84 Å². The highest BCUT2D eigenvalue weighted by molar-refractivity contribution is 5.38. The lowest BCUT2D eigenvalue weighted by Crippen LogP contribution is -2.42. The summed E-state index contributed by atoms with van der Waals surface area (Å²) in [6, 6.07) is 15.9. The standard InChI is InChI=1S/C17H19NO2/c1-18-15(10-12-6-8-14(19)9-7-12)17-11-13-4-2-3-5-16(13)20-17/h2-9,15,17-19H,10-11H2,1H3. The molecule has 2 unspecified atom stereocenters. The Morgan fingerprint density at radius 2 is 1.95 bits per heavy atom. The maximum absolute atomic E-state index is 9.34. The van der Waals surface area contributed by atoms with Gasteiger partial charge in [0.15, 0.2) is 0 Å². The van der Waals surface area contributed by atoms with E-state index in [1.54, 1.807) is 12.1 Å². The lowest BCUT2D eigenvalue weighted by Gasteiger charge is -2.23. The van der Waals surface area contributed by atoms with E-state index in [0.717, 1.165) is 18.6 Å². The number of hydrogen-bond acceptors (Lipinski definition) is 3. The third kappa shape index (κ3) is 2.63. The van der Waals surface area contributed by atoms with Crippen LogP contribution in [0.25, 0.3) is 0 Å². The van der Waals surface area contributed by atoms with Gasteiger partial charge in [0.25, 0.3) is 0 Å². The summed E-state index contributed by atoms with van der Waals surface area (Å²) in [5.74, 6) is 1.31. The molecule has 2 N–H and O–H groups in total. The van der Waals surface area contributed by atoms with Gasteiger partial charge in [-0.05, 0) is 42.8 Å². The van der Waals surface area contributed by atoms with Gasteiger partial charge >= 0.3 is 0 Å². The van der Waals surface area contributed by atoms with Crippen LogP contribution in [0.1, 0.15) is 11.1 Å². The van der Waals surface area contributed by atoms with E-state index >= 15 is 0 Å². The van der Waals surface area contributed by atoms with Crippen LogP contribution in [-0.2, 0) is 12.8 Å². The predicted molar refractivity (Wildman–Crippen MR) is 79.2 cm³/mol. The number of phenolic OH excluding ortho intramolecular Hbond substituents is 1. The SMILES string of the molecule is CNC(Cc1ccc(O)cc1)C1Cc2ccccc2O1. The zero-order chi connectivity index (χ0) is 13.9. The smallest absolute Gasteiger partial charge is 0.123 e. The second kappa shape index (κ2) is 5.55. The molecule has 0 bridgehead atoms. The van der Waals surface area contributed by atoms with Crippen LogP contribution in [0.15, 0.2) is 48.5 Å². The molecular weight excluding hydrogens is 250 g/mol. The Morgan fingerprint density at radius 3 is 2.65 bits per heavy atom. The fourth-order valence-electron chi connectivity index (χ4n) is 2.74. The van der Waals surface area contributed by atoms with Crippen LogP contribution >= 0.6 is 0 Å². The molecule has 104 valence electrons. The molecule has 0 saturated carbocycles. The van der Waals surface area contributed by atoms with Crippen LogP contribution in [0.5, 0.6) is 11.5 Å². The second-order valence-electron chi connectivity index (χ2n) is 5.23. The van der Waals surface area contributed by atoms with Gasteiger partial charge in [-0.2, -0.15) is 0 Å². The van der Waals surface area contributed by atoms with Gasteiger partial charge in [-0.1, -0.05) is 30.3 Å². The van der Waals surface area contributed by atoms with Gasteiger partial charge in [-0.25, -0.2) is 0 Å². The van der Waals surface area contributed by atoms with E-state index in [4.69, 9.17) is 4.74 Å². The van der Waals surface area contributed by atoms with Crippen molar-refractivity contribution in [2.45, 2.75) is 25.0 Å². The highest BCUT2D eigenvalue weighted by atomic mass is 16.5. The van der Waals surface area contributed by atoms with Crippen molar-refractivity contribution in [1.82, 2.24) is 5.32 Å². The molecule has 0 fully saturated rings. The van der Waals surface area contributed by atoms with Crippen LogP contribution in [0, 0.1) is 0 Å². The molecule has 1 aliphatic heterocycles. The zero-order valence-electron chi connectivity index (χ0n) is 11.5. The monoisotopic (exact) mass is 269 g/mol. The van der Waals surface area contributed by atoms with E-state index in [9.17, 15) is 5.11 Å². The van der Waals surface area contributed by atoms with E-state index in [1.165, 1.54) is 11.1 Å². The number of rotatable bonds is 4. The average Bonchev–Trinajstić information content (AvgIpc) is 2.90. The molecule has 0 aromatic heterocycles. The molecule has 20 heavy (non-hydrogen) atoms. The van der Waals surface area contributed by atoms with Gasteiger partial charge in [0.05, 0.1) is 0 Å². The van der Waals surface area contributed by atoms with E-state index < -0.39 is 0 Å². The largest absolute Gasteiger partial charge is 0.508 e. The highest BCUT2D eigenvalue weighted by Gasteiger charge is 2.29. The topological polar surface area (TPSA) is 41.5 Å². The van der Waals surface area contributed by atoms with Crippen molar-refractivity contribution in [3.63, 3.8) is 0 Å². The van der Waals surface area contributed by atoms with Crippen LogP contribution < -0.4 is 10.1 Å². The Labute approximate surface area is 119 Å². The Bertz CT molecular complexity index is 555. The lowest BCUT2D eigenvalue weighted by molar-refractivity contribution is 0.182. The van der Waals surface area contributed by atoms with E-state index in [0.29, 0.717) is 5.75 Å².